The molecule has 0 aromatic heterocycles. The van der Waals surface area contributed by atoms with Gasteiger partial charge in [-0.2, -0.15) is 0 Å². The fourth-order valence-electron chi connectivity index (χ4n) is 5.63. The first-order valence-electron chi connectivity index (χ1n) is 10.8. The molecule has 2 aliphatic carbocycles. The van der Waals surface area contributed by atoms with Gasteiger partial charge in [-0.15, -0.1) is 0 Å². The van der Waals surface area contributed by atoms with E-state index in [1.165, 1.54) is 32.7 Å². The predicted octanol–water partition coefficient (Wildman–Crippen LogP) is 1.75. The summed E-state index contributed by atoms with van der Waals surface area (Å²) in [6.45, 7) is 4.80. The zero-order valence-electron chi connectivity index (χ0n) is 18.2. The van der Waals surface area contributed by atoms with Crippen LogP contribution in [-0.4, -0.2) is 3.21 Å². The van der Waals surface area contributed by atoms with Crippen molar-refractivity contribution in [2.24, 2.45) is 0 Å². The van der Waals surface area contributed by atoms with Crippen molar-refractivity contribution in [1.29, 1.82) is 0 Å². The maximum absolute atomic E-state index is 2.44. The van der Waals surface area contributed by atoms with E-state index in [0.29, 0.717) is 3.63 Å². The monoisotopic (exact) mass is 532 g/mol. The van der Waals surface area contributed by atoms with Crippen LogP contribution in [-0.2, 0) is 21.3 Å². The van der Waals surface area contributed by atoms with Crippen LogP contribution in [0.5, 0.6) is 0 Å². The van der Waals surface area contributed by atoms with E-state index in [1.807, 2.05) is 0 Å². The van der Waals surface area contributed by atoms with Gasteiger partial charge in [-0.3, -0.25) is 0 Å². The molecule has 0 fully saturated rings. The SMILES string of the molecule is C[C](C)=[Zr+2]([C]1=CC=CC1)[CH]1c2ccccc2-c2c1c1ccccc1c1ccccc21.[Cl-].[Cl-]. The minimum atomic E-state index is -2.10. The Morgan fingerprint density at radius 3 is 2.00 bits per heavy atom. The van der Waals surface area contributed by atoms with Crippen molar-refractivity contribution in [3.05, 3.63) is 105 Å². The smallest absolute Gasteiger partial charge is 1.00 e. The van der Waals surface area contributed by atoms with Crippen LogP contribution >= 0.6 is 0 Å². The summed E-state index contributed by atoms with van der Waals surface area (Å²) in [6, 6.07) is 27.4. The van der Waals surface area contributed by atoms with Gasteiger partial charge in [0.05, 0.1) is 0 Å². The molecule has 3 heteroatoms. The molecule has 4 aromatic carbocycles. The Labute approximate surface area is 210 Å². The van der Waals surface area contributed by atoms with Crippen molar-refractivity contribution in [3.63, 3.8) is 0 Å². The third-order valence-electron chi connectivity index (χ3n) is 6.75. The predicted molar refractivity (Wildman–Crippen MR) is 127 cm³/mol. The van der Waals surface area contributed by atoms with Gasteiger partial charge in [-0.05, 0) is 0 Å². The molecule has 1 atom stereocenters. The second-order valence-corrected chi connectivity index (χ2v) is 16.1. The summed E-state index contributed by atoms with van der Waals surface area (Å²) < 4.78 is 3.99. The minimum Gasteiger partial charge on any atom is -1.00 e. The van der Waals surface area contributed by atoms with Crippen LogP contribution in [0.1, 0.15) is 35.0 Å². The number of allylic oxidation sites excluding steroid dienone is 4. The Balaban J connectivity index is 0.00000122. The molecule has 0 spiro atoms. The van der Waals surface area contributed by atoms with Crippen molar-refractivity contribution in [2.45, 2.75) is 23.9 Å². The fourth-order valence-corrected chi connectivity index (χ4v) is 13.9. The van der Waals surface area contributed by atoms with Crippen molar-refractivity contribution >= 4 is 24.8 Å². The summed E-state index contributed by atoms with van der Waals surface area (Å²) in [4.78, 5) is 0. The van der Waals surface area contributed by atoms with Crippen LogP contribution in [0.3, 0.4) is 0 Å². The van der Waals surface area contributed by atoms with Crippen LogP contribution in [0, 0.1) is 0 Å². The molecule has 4 aromatic rings. The van der Waals surface area contributed by atoms with E-state index in [2.05, 4.69) is 105 Å². The average molecular weight is 535 g/mol. The van der Waals surface area contributed by atoms with Crippen LogP contribution in [0.25, 0.3) is 32.7 Å². The zero-order valence-corrected chi connectivity index (χ0v) is 22.2. The van der Waals surface area contributed by atoms with Gasteiger partial charge in [0, 0.05) is 0 Å². The second-order valence-electron chi connectivity index (χ2n) is 8.64. The maximum atomic E-state index is 2.44. The third kappa shape index (κ3) is 3.42. The van der Waals surface area contributed by atoms with Gasteiger partial charge in [0.15, 0.2) is 0 Å². The summed E-state index contributed by atoms with van der Waals surface area (Å²) in [7, 11) is 0. The number of halogens is 2. The Kier molecular flexibility index (Phi) is 6.74. The Bertz CT molecular complexity index is 1440. The van der Waals surface area contributed by atoms with Crippen molar-refractivity contribution < 1.29 is 46.1 Å². The number of hydrogen-bond acceptors (Lipinski definition) is 0. The Hall–Kier alpha value is -1.79. The van der Waals surface area contributed by atoms with Crippen LogP contribution < -0.4 is 24.8 Å². The van der Waals surface area contributed by atoms with Gasteiger partial charge in [0.25, 0.3) is 0 Å². The summed E-state index contributed by atoms with van der Waals surface area (Å²) in [5, 5.41) is 5.65. The molecule has 0 amide bonds. The number of fused-ring (bicyclic) bond motifs is 8. The third-order valence-corrected chi connectivity index (χ3v) is 14.9. The van der Waals surface area contributed by atoms with Gasteiger partial charge >= 0.3 is 186 Å². The summed E-state index contributed by atoms with van der Waals surface area (Å²) in [5.41, 5.74) is 6.13. The molecule has 0 saturated carbocycles. The van der Waals surface area contributed by atoms with E-state index in [-0.39, 0.29) is 24.8 Å². The largest absolute Gasteiger partial charge is 1.00 e. The van der Waals surface area contributed by atoms with Gasteiger partial charge in [0.1, 0.15) is 0 Å². The first-order chi connectivity index (χ1) is 14.8. The van der Waals surface area contributed by atoms with Crippen molar-refractivity contribution in [1.82, 2.24) is 0 Å². The standard InChI is InChI=1S/C21H13.C5H5.C3H6.2ClH.Zr/c1-2-8-15-14(7-1)13-20-18-11-4-3-9-16(18)17-10-5-6-12-19(17)21(15)20;1-2-4-5-3-1;1-3-2;;;/h1-13H;1-3H,4H2;1-2H3;2*1H;/q;;;;;+2/p-2. The summed E-state index contributed by atoms with van der Waals surface area (Å²) in [6.07, 6.45) is 8.21. The van der Waals surface area contributed by atoms with E-state index in [9.17, 15) is 0 Å². The fraction of sp³-hybridized carbons (Fsp3) is 0.138. The van der Waals surface area contributed by atoms with Crippen molar-refractivity contribution in [3.8, 4) is 11.1 Å². The number of rotatable bonds is 2. The molecule has 0 heterocycles. The van der Waals surface area contributed by atoms with E-state index in [1.54, 1.807) is 17.6 Å². The maximum Gasteiger partial charge on any atom is -1.00 e. The zero-order chi connectivity index (χ0) is 20.2. The quantitative estimate of drug-likeness (QED) is 0.344. The van der Waals surface area contributed by atoms with Crippen LogP contribution in [0.15, 0.2) is 94.3 Å². The van der Waals surface area contributed by atoms with Gasteiger partial charge < -0.3 is 24.8 Å². The molecule has 32 heavy (non-hydrogen) atoms. The van der Waals surface area contributed by atoms with Gasteiger partial charge in [-0.25, -0.2) is 0 Å². The van der Waals surface area contributed by atoms with E-state index < -0.39 is 21.3 Å². The molecule has 0 saturated heterocycles. The molecule has 0 bridgehead atoms. The summed E-state index contributed by atoms with van der Waals surface area (Å²) in [5.74, 6) is 0. The Morgan fingerprint density at radius 2 is 1.34 bits per heavy atom. The summed E-state index contributed by atoms with van der Waals surface area (Å²) >= 11 is -2.10. The topological polar surface area (TPSA) is 0 Å². The Morgan fingerprint density at radius 1 is 0.750 bits per heavy atom. The molecular formula is C29H24Cl2Zr. The van der Waals surface area contributed by atoms with E-state index >= 15 is 0 Å². The first-order valence-corrected chi connectivity index (χ1v) is 14.7. The van der Waals surface area contributed by atoms with E-state index in [4.69, 9.17) is 0 Å². The van der Waals surface area contributed by atoms with Gasteiger partial charge in [0.2, 0.25) is 0 Å². The molecule has 0 nitrogen and oxygen atoms in total. The molecule has 6 rings (SSSR count). The molecule has 158 valence electrons. The molecular weight excluding hydrogens is 510 g/mol. The normalized spacial score (nSPS) is 15.3. The molecule has 0 N–H and O–H groups in total. The molecule has 1 unspecified atom stereocenters. The minimum absolute atomic E-state index is 0. The number of hydrogen-bond donors (Lipinski definition) is 0. The molecule has 0 aliphatic heterocycles. The molecule has 0 radical (unpaired) electrons. The van der Waals surface area contributed by atoms with Crippen molar-refractivity contribution in [2.75, 3.05) is 0 Å². The van der Waals surface area contributed by atoms with Crippen LogP contribution in [0.2, 0.25) is 0 Å². The average Bonchev–Trinajstić information content (AvgIpc) is 3.42. The number of benzene rings is 4. The molecule has 2 aliphatic rings. The van der Waals surface area contributed by atoms with Crippen LogP contribution in [0.4, 0.5) is 0 Å². The second kappa shape index (κ2) is 9.22. The van der Waals surface area contributed by atoms with Gasteiger partial charge in [-0.1, -0.05) is 0 Å². The van der Waals surface area contributed by atoms with E-state index in [0.717, 1.165) is 6.42 Å². The first kappa shape index (κ1) is 23.4.